The van der Waals surface area contributed by atoms with E-state index in [4.69, 9.17) is 16.7 Å². The summed E-state index contributed by atoms with van der Waals surface area (Å²) in [5, 5.41) is 19.7. The second kappa shape index (κ2) is 4.60. The van der Waals surface area contributed by atoms with Gasteiger partial charge in [0.25, 0.3) is 0 Å². The van der Waals surface area contributed by atoms with Crippen LogP contribution in [0.15, 0.2) is 36.9 Å². The van der Waals surface area contributed by atoms with Crippen LogP contribution in [-0.4, -0.2) is 16.8 Å². The highest BCUT2D eigenvalue weighted by Crippen LogP contribution is 2.25. The van der Waals surface area contributed by atoms with Gasteiger partial charge in [0.2, 0.25) is 0 Å². The van der Waals surface area contributed by atoms with Gasteiger partial charge in [0.15, 0.2) is 0 Å². The number of aliphatic hydroxyl groups excluding tert-OH is 1. The molecule has 0 unspecified atom stereocenters. The third kappa shape index (κ3) is 2.35. The predicted molar refractivity (Wildman–Crippen MR) is 57.2 cm³/mol. The predicted octanol–water partition coefficient (Wildman–Crippen LogP) is 2.10. The number of hydrogen-bond acceptors (Lipinski definition) is 2. The minimum atomic E-state index is -1.24. The van der Waals surface area contributed by atoms with Gasteiger partial charge in [-0.3, -0.25) is 0 Å². The van der Waals surface area contributed by atoms with Gasteiger partial charge in [0.05, 0.1) is 6.61 Å². The summed E-state index contributed by atoms with van der Waals surface area (Å²) in [6, 6.07) is 6.76. The number of benzene rings is 1. The molecule has 0 aromatic heterocycles. The number of halogens is 1. The molecule has 3 heteroatoms. The zero-order valence-electron chi connectivity index (χ0n) is 7.78. The van der Waals surface area contributed by atoms with Gasteiger partial charge in [0, 0.05) is 11.4 Å². The molecule has 0 bridgehead atoms. The Morgan fingerprint density at radius 2 is 1.93 bits per heavy atom. The van der Waals surface area contributed by atoms with Gasteiger partial charge in [-0.15, -0.1) is 6.58 Å². The third-order valence-electron chi connectivity index (χ3n) is 2.13. The van der Waals surface area contributed by atoms with E-state index in [0.717, 1.165) is 0 Å². The highest BCUT2D eigenvalue weighted by atomic mass is 35.5. The van der Waals surface area contributed by atoms with E-state index in [0.29, 0.717) is 17.0 Å². The summed E-state index contributed by atoms with van der Waals surface area (Å²) in [6.07, 6.45) is 1.88. The summed E-state index contributed by atoms with van der Waals surface area (Å²) >= 11 is 5.72. The van der Waals surface area contributed by atoms with Crippen molar-refractivity contribution >= 4 is 11.6 Å². The zero-order chi connectivity index (χ0) is 10.6. The average Bonchev–Trinajstić information content (AvgIpc) is 2.19. The topological polar surface area (TPSA) is 40.5 Å². The molecule has 0 saturated carbocycles. The van der Waals surface area contributed by atoms with Crippen molar-refractivity contribution in [1.82, 2.24) is 0 Å². The summed E-state index contributed by atoms with van der Waals surface area (Å²) < 4.78 is 0. The van der Waals surface area contributed by atoms with Gasteiger partial charge in [-0.2, -0.15) is 0 Å². The van der Waals surface area contributed by atoms with E-state index in [1.807, 2.05) is 0 Å². The van der Waals surface area contributed by atoms with Gasteiger partial charge in [-0.05, 0) is 17.7 Å². The van der Waals surface area contributed by atoms with E-state index in [-0.39, 0.29) is 6.61 Å². The van der Waals surface area contributed by atoms with Gasteiger partial charge < -0.3 is 10.2 Å². The Morgan fingerprint density at radius 3 is 2.36 bits per heavy atom. The molecule has 0 aliphatic rings. The van der Waals surface area contributed by atoms with Crippen molar-refractivity contribution in [3.05, 3.63) is 47.5 Å². The Balaban J connectivity index is 2.99. The van der Waals surface area contributed by atoms with Gasteiger partial charge in [0.1, 0.15) is 5.60 Å². The van der Waals surface area contributed by atoms with Gasteiger partial charge in [-0.1, -0.05) is 29.8 Å². The van der Waals surface area contributed by atoms with Crippen molar-refractivity contribution in [1.29, 1.82) is 0 Å². The Kier molecular flexibility index (Phi) is 3.69. The minimum absolute atomic E-state index is 0.311. The molecule has 1 aromatic rings. The van der Waals surface area contributed by atoms with Gasteiger partial charge in [-0.25, -0.2) is 0 Å². The maximum Gasteiger partial charge on any atom is 0.116 e. The quantitative estimate of drug-likeness (QED) is 0.751. The number of hydrogen-bond donors (Lipinski definition) is 2. The van der Waals surface area contributed by atoms with Crippen molar-refractivity contribution in [3.63, 3.8) is 0 Å². The molecule has 76 valence electrons. The lowest BCUT2D eigenvalue weighted by Gasteiger charge is -2.24. The first kappa shape index (κ1) is 11.2. The standard InChI is InChI=1S/C11H13ClO2/c1-2-7-11(14,8-13)9-3-5-10(12)6-4-9/h2-6,13-14H,1,7-8H2/t11-/m1/s1. The summed E-state index contributed by atoms with van der Waals surface area (Å²) in [5.74, 6) is 0. The number of aliphatic hydroxyl groups is 2. The van der Waals surface area contributed by atoms with Crippen LogP contribution in [0.3, 0.4) is 0 Å². The van der Waals surface area contributed by atoms with Crippen LogP contribution in [0, 0.1) is 0 Å². The third-order valence-corrected chi connectivity index (χ3v) is 2.38. The smallest absolute Gasteiger partial charge is 0.116 e. The molecule has 0 saturated heterocycles. The fourth-order valence-corrected chi connectivity index (χ4v) is 1.40. The molecule has 2 N–H and O–H groups in total. The normalized spacial score (nSPS) is 14.8. The maximum absolute atomic E-state index is 10.0. The molecule has 0 fully saturated rings. The van der Waals surface area contributed by atoms with Crippen LogP contribution in [0.4, 0.5) is 0 Å². The largest absolute Gasteiger partial charge is 0.393 e. The van der Waals surface area contributed by atoms with Crippen LogP contribution in [0.5, 0.6) is 0 Å². The first-order chi connectivity index (χ1) is 6.62. The molecule has 0 amide bonds. The molecule has 1 atom stereocenters. The van der Waals surface area contributed by atoms with E-state index < -0.39 is 5.60 Å². The summed E-state index contributed by atoms with van der Waals surface area (Å²) in [4.78, 5) is 0. The molecule has 0 heterocycles. The molecule has 0 radical (unpaired) electrons. The molecule has 0 spiro atoms. The van der Waals surface area contributed by atoms with E-state index in [2.05, 4.69) is 6.58 Å². The van der Waals surface area contributed by atoms with Crippen LogP contribution in [0.1, 0.15) is 12.0 Å². The SMILES string of the molecule is C=CC[C@@](O)(CO)c1ccc(Cl)cc1. The van der Waals surface area contributed by atoms with E-state index in [1.54, 1.807) is 30.3 Å². The highest BCUT2D eigenvalue weighted by Gasteiger charge is 2.26. The molecule has 2 nitrogen and oxygen atoms in total. The second-order valence-corrected chi connectivity index (χ2v) is 3.63. The molecule has 1 rings (SSSR count). The van der Waals surface area contributed by atoms with Gasteiger partial charge >= 0.3 is 0 Å². The lowest BCUT2D eigenvalue weighted by Crippen LogP contribution is -2.29. The van der Waals surface area contributed by atoms with Crippen LogP contribution >= 0.6 is 11.6 Å². The molecular weight excluding hydrogens is 200 g/mol. The van der Waals surface area contributed by atoms with Crippen molar-refractivity contribution in [3.8, 4) is 0 Å². The lowest BCUT2D eigenvalue weighted by molar-refractivity contribution is -0.0164. The first-order valence-electron chi connectivity index (χ1n) is 4.32. The molecule has 1 aromatic carbocycles. The van der Waals surface area contributed by atoms with Crippen molar-refractivity contribution in [2.75, 3.05) is 6.61 Å². The molecule has 0 aliphatic carbocycles. The van der Waals surface area contributed by atoms with E-state index in [1.165, 1.54) is 0 Å². The van der Waals surface area contributed by atoms with Crippen LogP contribution in [0.25, 0.3) is 0 Å². The molecule has 14 heavy (non-hydrogen) atoms. The van der Waals surface area contributed by atoms with E-state index in [9.17, 15) is 5.11 Å². The summed E-state index contributed by atoms with van der Waals surface area (Å²) in [7, 11) is 0. The summed E-state index contributed by atoms with van der Waals surface area (Å²) in [6.45, 7) is 3.21. The second-order valence-electron chi connectivity index (χ2n) is 3.19. The fourth-order valence-electron chi connectivity index (χ4n) is 1.27. The minimum Gasteiger partial charge on any atom is -0.393 e. The van der Waals surface area contributed by atoms with Crippen molar-refractivity contribution in [2.24, 2.45) is 0 Å². The highest BCUT2D eigenvalue weighted by molar-refractivity contribution is 6.30. The Hall–Kier alpha value is -0.830. The number of rotatable bonds is 4. The van der Waals surface area contributed by atoms with E-state index >= 15 is 0 Å². The molecular formula is C11H13ClO2. The Morgan fingerprint density at radius 1 is 1.36 bits per heavy atom. The molecule has 0 aliphatic heterocycles. The van der Waals surface area contributed by atoms with Crippen LogP contribution in [-0.2, 0) is 5.60 Å². The average molecular weight is 213 g/mol. The van der Waals surface area contributed by atoms with Crippen molar-refractivity contribution in [2.45, 2.75) is 12.0 Å². The zero-order valence-corrected chi connectivity index (χ0v) is 8.54. The lowest BCUT2D eigenvalue weighted by atomic mass is 9.91. The summed E-state index contributed by atoms with van der Waals surface area (Å²) in [5.41, 5.74) is -0.601. The van der Waals surface area contributed by atoms with Crippen molar-refractivity contribution < 1.29 is 10.2 Å². The van der Waals surface area contributed by atoms with Crippen LogP contribution in [0.2, 0.25) is 5.02 Å². The Bertz CT molecular complexity index is 308. The monoisotopic (exact) mass is 212 g/mol. The fraction of sp³-hybridized carbons (Fsp3) is 0.273. The Labute approximate surface area is 88.5 Å². The van der Waals surface area contributed by atoms with Crippen LogP contribution < -0.4 is 0 Å². The maximum atomic E-state index is 10.0. The first-order valence-corrected chi connectivity index (χ1v) is 4.70.